The number of carbonyl (C=O) groups is 1. The van der Waals surface area contributed by atoms with E-state index in [1.807, 2.05) is 6.20 Å². The van der Waals surface area contributed by atoms with Gasteiger partial charge < -0.3 is 25.3 Å². The van der Waals surface area contributed by atoms with Gasteiger partial charge in [0, 0.05) is 64.0 Å². The zero-order valence-corrected chi connectivity index (χ0v) is 19.7. The standard InChI is InChI=1S/C24H39N7O/c1-3-25-24(28-21-10-11-31(18-21)23(32)20-6-4-5-7-20)27-17-19-8-9-22(26-16-19)30-14-12-29(2)13-15-30/h8-9,16,20-21H,3-7,10-15,17-18H2,1-2H3,(H2,25,27,28). The van der Waals surface area contributed by atoms with Crippen LogP contribution in [-0.4, -0.2) is 85.6 Å². The summed E-state index contributed by atoms with van der Waals surface area (Å²) < 4.78 is 0. The van der Waals surface area contributed by atoms with E-state index in [0.29, 0.717) is 12.5 Å². The number of amides is 1. The minimum atomic E-state index is 0.260. The molecule has 176 valence electrons. The zero-order valence-electron chi connectivity index (χ0n) is 19.7. The van der Waals surface area contributed by atoms with Crippen LogP contribution in [0.5, 0.6) is 0 Å². The third kappa shape index (κ3) is 5.91. The first kappa shape index (κ1) is 22.8. The number of likely N-dealkylation sites (N-methyl/N-ethyl adjacent to an activating group) is 1. The fourth-order valence-corrected chi connectivity index (χ4v) is 4.93. The van der Waals surface area contributed by atoms with Gasteiger partial charge in [0.25, 0.3) is 0 Å². The molecule has 0 spiro atoms. The quantitative estimate of drug-likeness (QED) is 0.517. The molecule has 8 nitrogen and oxygen atoms in total. The summed E-state index contributed by atoms with van der Waals surface area (Å²) >= 11 is 0. The molecule has 3 fully saturated rings. The Hall–Kier alpha value is -2.35. The van der Waals surface area contributed by atoms with Crippen LogP contribution in [0, 0.1) is 5.92 Å². The van der Waals surface area contributed by atoms with Gasteiger partial charge in [-0.1, -0.05) is 18.9 Å². The van der Waals surface area contributed by atoms with Crippen molar-refractivity contribution in [2.24, 2.45) is 10.9 Å². The largest absolute Gasteiger partial charge is 0.357 e. The lowest BCUT2D eigenvalue weighted by Gasteiger charge is -2.33. The summed E-state index contributed by atoms with van der Waals surface area (Å²) in [5, 5.41) is 6.89. The molecule has 2 N–H and O–H groups in total. The molecule has 1 aromatic rings. The lowest BCUT2D eigenvalue weighted by molar-refractivity contribution is -0.134. The molecule has 3 aliphatic rings. The number of carbonyl (C=O) groups excluding carboxylic acids is 1. The summed E-state index contributed by atoms with van der Waals surface area (Å²) in [4.78, 5) is 28.9. The van der Waals surface area contributed by atoms with Gasteiger partial charge in [-0.25, -0.2) is 9.98 Å². The highest BCUT2D eigenvalue weighted by molar-refractivity contribution is 5.81. The van der Waals surface area contributed by atoms with Crippen LogP contribution in [0.3, 0.4) is 0 Å². The van der Waals surface area contributed by atoms with Gasteiger partial charge in [-0.2, -0.15) is 0 Å². The topological polar surface area (TPSA) is 76.1 Å². The van der Waals surface area contributed by atoms with Gasteiger partial charge in [-0.3, -0.25) is 4.79 Å². The van der Waals surface area contributed by atoms with Crippen molar-refractivity contribution in [3.05, 3.63) is 23.9 Å². The van der Waals surface area contributed by atoms with Crippen molar-refractivity contribution in [2.75, 3.05) is 57.8 Å². The van der Waals surface area contributed by atoms with Crippen LogP contribution in [0.4, 0.5) is 5.82 Å². The second kappa shape index (κ2) is 11.0. The van der Waals surface area contributed by atoms with Crippen LogP contribution in [0.2, 0.25) is 0 Å². The molecule has 1 saturated carbocycles. The molecule has 0 radical (unpaired) electrons. The van der Waals surface area contributed by atoms with Crippen molar-refractivity contribution < 1.29 is 4.79 Å². The Morgan fingerprint density at radius 1 is 1.12 bits per heavy atom. The average molecular weight is 442 g/mol. The van der Waals surface area contributed by atoms with E-state index in [2.05, 4.69) is 56.4 Å². The van der Waals surface area contributed by atoms with Crippen molar-refractivity contribution >= 4 is 17.7 Å². The van der Waals surface area contributed by atoms with Crippen LogP contribution in [0.25, 0.3) is 0 Å². The number of nitrogens with zero attached hydrogens (tertiary/aromatic N) is 5. The molecule has 0 aromatic carbocycles. The van der Waals surface area contributed by atoms with Crippen LogP contribution in [0.15, 0.2) is 23.3 Å². The molecule has 32 heavy (non-hydrogen) atoms. The third-order valence-corrected chi connectivity index (χ3v) is 6.95. The molecule has 8 heteroatoms. The van der Waals surface area contributed by atoms with E-state index in [1.54, 1.807) is 0 Å². The Balaban J connectivity index is 1.29. The van der Waals surface area contributed by atoms with Gasteiger partial charge >= 0.3 is 0 Å². The molecule has 2 saturated heterocycles. The minimum absolute atomic E-state index is 0.260. The number of rotatable bonds is 6. The first-order valence-corrected chi connectivity index (χ1v) is 12.3. The molecule has 1 unspecified atom stereocenters. The molecule has 3 heterocycles. The smallest absolute Gasteiger partial charge is 0.225 e. The Morgan fingerprint density at radius 3 is 2.59 bits per heavy atom. The highest BCUT2D eigenvalue weighted by atomic mass is 16.2. The lowest BCUT2D eigenvalue weighted by atomic mass is 10.1. The minimum Gasteiger partial charge on any atom is -0.357 e. The number of piperazine rings is 1. The zero-order chi connectivity index (χ0) is 22.3. The second-order valence-electron chi connectivity index (χ2n) is 9.41. The highest BCUT2D eigenvalue weighted by Gasteiger charge is 2.32. The van der Waals surface area contributed by atoms with Gasteiger partial charge in [-0.05, 0) is 44.9 Å². The number of guanidine groups is 1. The fraction of sp³-hybridized carbons (Fsp3) is 0.708. The summed E-state index contributed by atoms with van der Waals surface area (Å²) in [7, 11) is 2.17. The molecule has 1 aliphatic carbocycles. The van der Waals surface area contributed by atoms with Crippen LogP contribution < -0.4 is 15.5 Å². The predicted molar refractivity (Wildman–Crippen MR) is 129 cm³/mol. The van der Waals surface area contributed by atoms with E-state index < -0.39 is 0 Å². The number of likely N-dealkylation sites (tertiary alicyclic amines) is 1. The summed E-state index contributed by atoms with van der Waals surface area (Å²) in [6.07, 6.45) is 7.46. The van der Waals surface area contributed by atoms with Crippen molar-refractivity contribution in [1.29, 1.82) is 0 Å². The number of aliphatic imine (C=N–C) groups is 1. The monoisotopic (exact) mass is 441 g/mol. The second-order valence-corrected chi connectivity index (χ2v) is 9.41. The Kier molecular flexibility index (Phi) is 7.84. The number of aromatic nitrogens is 1. The van der Waals surface area contributed by atoms with E-state index in [0.717, 1.165) is 82.4 Å². The Labute approximate surface area is 192 Å². The molecule has 1 aromatic heterocycles. The lowest BCUT2D eigenvalue weighted by Crippen LogP contribution is -2.45. The summed E-state index contributed by atoms with van der Waals surface area (Å²) in [6, 6.07) is 4.50. The Bertz CT molecular complexity index is 767. The first-order valence-electron chi connectivity index (χ1n) is 12.3. The van der Waals surface area contributed by atoms with Crippen LogP contribution in [-0.2, 0) is 11.3 Å². The van der Waals surface area contributed by atoms with Gasteiger partial charge in [0.1, 0.15) is 5.82 Å². The maximum absolute atomic E-state index is 12.7. The summed E-state index contributed by atoms with van der Waals surface area (Å²) in [6.45, 7) is 9.31. The highest BCUT2D eigenvalue weighted by Crippen LogP contribution is 2.27. The molecule has 0 bridgehead atoms. The van der Waals surface area contributed by atoms with Crippen molar-refractivity contribution in [2.45, 2.75) is 51.6 Å². The summed E-state index contributed by atoms with van der Waals surface area (Å²) in [5.74, 6) is 2.49. The van der Waals surface area contributed by atoms with Crippen molar-refractivity contribution in [1.82, 2.24) is 25.4 Å². The Morgan fingerprint density at radius 2 is 1.91 bits per heavy atom. The normalized spacial score (nSPS) is 23.1. The van der Waals surface area contributed by atoms with Crippen molar-refractivity contribution in [3.63, 3.8) is 0 Å². The van der Waals surface area contributed by atoms with E-state index in [-0.39, 0.29) is 12.0 Å². The molecule has 1 amide bonds. The average Bonchev–Trinajstić information content (AvgIpc) is 3.51. The molecular formula is C24H39N7O. The number of hydrogen-bond donors (Lipinski definition) is 2. The molecule has 4 rings (SSSR count). The maximum Gasteiger partial charge on any atom is 0.225 e. The van der Waals surface area contributed by atoms with Gasteiger partial charge in [-0.15, -0.1) is 0 Å². The van der Waals surface area contributed by atoms with E-state index in [4.69, 9.17) is 4.99 Å². The van der Waals surface area contributed by atoms with Crippen LogP contribution >= 0.6 is 0 Å². The number of hydrogen-bond acceptors (Lipinski definition) is 5. The third-order valence-electron chi connectivity index (χ3n) is 6.95. The predicted octanol–water partition coefficient (Wildman–Crippen LogP) is 1.68. The SMILES string of the molecule is CCNC(=NCc1ccc(N2CCN(C)CC2)nc1)NC1CCN(C(=O)C2CCCC2)C1. The fourth-order valence-electron chi connectivity index (χ4n) is 4.93. The number of anilines is 1. The van der Waals surface area contributed by atoms with Crippen molar-refractivity contribution in [3.8, 4) is 0 Å². The van der Waals surface area contributed by atoms with Gasteiger partial charge in [0.15, 0.2) is 5.96 Å². The number of pyridine rings is 1. The van der Waals surface area contributed by atoms with Gasteiger partial charge in [0.2, 0.25) is 5.91 Å². The van der Waals surface area contributed by atoms with E-state index in [1.165, 1.54) is 12.8 Å². The first-order chi connectivity index (χ1) is 15.6. The van der Waals surface area contributed by atoms with Crippen LogP contribution in [0.1, 0.15) is 44.6 Å². The molecule has 1 atom stereocenters. The number of nitrogens with one attached hydrogen (secondary N) is 2. The maximum atomic E-state index is 12.7. The van der Waals surface area contributed by atoms with Gasteiger partial charge in [0.05, 0.1) is 6.54 Å². The van der Waals surface area contributed by atoms with E-state index in [9.17, 15) is 4.79 Å². The van der Waals surface area contributed by atoms with E-state index >= 15 is 0 Å². The molecule has 2 aliphatic heterocycles. The molecular weight excluding hydrogens is 402 g/mol. The summed E-state index contributed by atoms with van der Waals surface area (Å²) in [5.41, 5.74) is 1.10.